The van der Waals surface area contributed by atoms with E-state index in [-0.39, 0.29) is 18.0 Å². The van der Waals surface area contributed by atoms with Gasteiger partial charge in [0.1, 0.15) is 12.4 Å². The first-order valence-corrected chi connectivity index (χ1v) is 10.6. The van der Waals surface area contributed by atoms with Crippen LogP contribution in [0.25, 0.3) is 0 Å². The topological polar surface area (TPSA) is 67.8 Å². The van der Waals surface area contributed by atoms with Gasteiger partial charge in [-0.1, -0.05) is 30.3 Å². The molecule has 0 bridgehead atoms. The van der Waals surface area contributed by atoms with Crippen LogP contribution in [0.15, 0.2) is 65.1 Å². The molecular weight excluding hydrogens is 465 g/mol. The Kier molecular flexibility index (Phi) is 8.03. The number of halogens is 2. The van der Waals surface area contributed by atoms with Gasteiger partial charge in [0.05, 0.1) is 16.6 Å². The van der Waals surface area contributed by atoms with Gasteiger partial charge in [-0.25, -0.2) is 9.18 Å². The number of carboxylic acids is 1. The van der Waals surface area contributed by atoms with Crippen molar-refractivity contribution in [2.75, 3.05) is 6.61 Å². The van der Waals surface area contributed by atoms with Crippen molar-refractivity contribution in [3.8, 4) is 11.5 Å². The fourth-order valence-corrected chi connectivity index (χ4v) is 3.61. The van der Waals surface area contributed by atoms with Crippen molar-refractivity contribution in [2.45, 2.75) is 26.6 Å². The number of hydrogen-bond donors (Lipinski definition) is 2. The van der Waals surface area contributed by atoms with E-state index < -0.39 is 5.97 Å². The van der Waals surface area contributed by atoms with Gasteiger partial charge in [-0.05, 0) is 64.3 Å². The van der Waals surface area contributed by atoms with E-state index in [9.17, 15) is 9.18 Å². The SMILES string of the molecule is CCOc1cc(CNCc2ccc(C(=O)O)cc2)cc(Br)c1OCc1ccccc1F. The van der Waals surface area contributed by atoms with Gasteiger partial charge >= 0.3 is 5.97 Å². The van der Waals surface area contributed by atoms with Gasteiger partial charge in [-0.2, -0.15) is 0 Å². The highest BCUT2D eigenvalue weighted by Crippen LogP contribution is 2.37. The smallest absolute Gasteiger partial charge is 0.335 e. The first-order chi connectivity index (χ1) is 15.0. The zero-order chi connectivity index (χ0) is 22.2. The highest BCUT2D eigenvalue weighted by atomic mass is 79.9. The molecule has 3 rings (SSSR count). The van der Waals surface area contributed by atoms with Gasteiger partial charge in [0.2, 0.25) is 0 Å². The molecule has 3 aromatic rings. The van der Waals surface area contributed by atoms with Gasteiger partial charge in [0.25, 0.3) is 0 Å². The summed E-state index contributed by atoms with van der Waals surface area (Å²) < 4.78 is 26.2. The Bertz CT molecular complexity index is 1040. The molecule has 31 heavy (non-hydrogen) atoms. The van der Waals surface area contributed by atoms with E-state index >= 15 is 0 Å². The minimum Gasteiger partial charge on any atom is -0.490 e. The Morgan fingerprint density at radius 1 is 1.03 bits per heavy atom. The molecule has 0 fully saturated rings. The maximum absolute atomic E-state index is 13.9. The number of rotatable bonds is 10. The van der Waals surface area contributed by atoms with Crippen molar-refractivity contribution in [3.05, 3.63) is 93.2 Å². The number of benzene rings is 3. The predicted molar refractivity (Wildman–Crippen MR) is 120 cm³/mol. The lowest BCUT2D eigenvalue weighted by Crippen LogP contribution is -2.13. The Balaban J connectivity index is 1.66. The summed E-state index contributed by atoms with van der Waals surface area (Å²) in [6.07, 6.45) is 0. The minimum atomic E-state index is -0.940. The molecule has 7 heteroatoms. The molecule has 0 aromatic heterocycles. The molecule has 2 N–H and O–H groups in total. The largest absolute Gasteiger partial charge is 0.490 e. The van der Waals surface area contributed by atoms with Crippen molar-refractivity contribution in [2.24, 2.45) is 0 Å². The quantitative estimate of drug-likeness (QED) is 0.392. The number of carboxylic acid groups (broad SMARTS) is 1. The summed E-state index contributed by atoms with van der Waals surface area (Å²) in [5.41, 5.74) is 2.70. The van der Waals surface area contributed by atoms with E-state index in [2.05, 4.69) is 21.2 Å². The summed E-state index contributed by atoms with van der Waals surface area (Å²) in [7, 11) is 0. The standard InChI is InChI=1S/C24H23BrFNO4/c1-2-30-22-12-17(14-27-13-16-7-9-18(10-8-16)24(28)29)11-20(25)23(22)31-15-19-5-3-4-6-21(19)26/h3-12,27H,2,13-15H2,1H3,(H,28,29). The summed E-state index contributed by atoms with van der Waals surface area (Å²) in [6, 6.07) is 17.1. The van der Waals surface area contributed by atoms with Crippen LogP contribution in [-0.2, 0) is 19.7 Å². The van der Waals surface area contributed by atoms with Crippen LogP contribution in [0.3, 0.4) is 0 Å². The van der Waals surface area contributed by atoms with Crippen molar-refractivity contribution >= 4 is 21.9 Å². The number of carbonyl (C=O) groups is 1. The molecule has 162 valence electrons. The maximum Gasteiger partial charge on any atom is 0.335 e. The molecule has 0 saturated heterocycles. The lowest BCUT2D eigenvalue weighted by molar-refractivity contribution is 0.0697. The van der Waals surface area contributed by atoms with Gasteiger partial charge in [-0.3, -0.25) is 0 Å². The number of hydrogen-bond acceptors (Lipinski definition) is 4. The fraction of sp³-hybridized carbons (Fsp3) is 0.208. The molecule has 0 aliphatic rings. The monoisotopic (exact) mass is 487 g/mol. The van der Waals surface area contributed by atoms with E-state index in [0.717, 1.165) is 15.6 Å². The van der Waals surface area contributed by atoms with E-state index in [1.807, 2.05) is 19.1 Å². The van der Waals surface area contributed by atoms with Crippen LogP contribution in [0.5, 0.6) is 11.5 Å². The lowest BCUT2D eigenvalue weighted by Gasteiger charge is -2.16. The maximum atomic E-state index is 13.9. The molecule has 0 saturated carbocycles. The molecule has 0 heterocycles. The molecule has 5 nitrogen and oxygen atoms in total. The van der Waals surface area contributed by atoms with Crippen LogP contribution in [0, 0.1) is 5.82 Å². The highest BCUT2D eigenvalue weighted by Gasteiger charge is 2.14. The molecular formula is C24H23BrFNO4. The van der Waals surface area contributed by atoms with Crippen molar-refractivity contribution in [1.29, 1.82) is 0 Å². The third kappa shape index (κ3) is 6.29. The molecule has 3 aromatic carbocycles. The molecule has 0 spiro atoms. The number of nitrogens with one attached hydrogen (secondary N) is 1. The minimum absolute atomic E-state index is 0.0925. The Hall–Kier alpha value is -2.90. The van der Waals surface area contributed by atoms with Gasteiger partial charge in [-0.15, -0.1) is 0 Å². The second kappa shape index (κ2) is 10.9. The van der Waals surface area contributed by atoms with Gasteiger partial charge < -0.3 is 19.9 Å². The summed E-state index contributed by atoms with van der Waals surface area (Å²) in [4.78, 5) is 10.9. The van der Waals surface area contributed by atoms with E-state index in [0.29, 0.717) is 36.8 Å². The van der Waals surface area contributed by atoms with Crippen LogP contribution in [0.1, 0.15) is 34.0 Å². The predicted octanol–water partition coefficient (Wildman–Crippen LogP) is 5.55. The van der Waals surface area contributed by atoms with E-state index in [4.69, 9.17) is 14.6 Å². The second-order valence-electron chi connectivity index (χ2n) is 6.82. The van der Waals surface area contributed by atoms with Crippen LogP contribution < -0.4 is 14.8 Å². The molecule has 0 unspecified atom stereocenters. The Labute approximate surface area is 189 Å². The summed E-state index contributed by atoms with van der Waals surface area (Å²) in [5.74, 6) is -0.146. The number of ether oxygens (including phenoxy) is 2. The first kappa shape index (κ1) is 22.8. The molecule has 0 aliphatic heterocycles. The molecule has 0 atom stereocenters. The van der Waals surface area contributed by atoms with Crippen LogP contribution in [0.4, 0.5) is 4.39 Å². The molecule has 0 radical (unpaired) electrons. The van der Waals surface area contributed by atoms with Crippen LogP contribution in [-0.4, -0.2) is 17.7 Å². The average Bonchev–Trinajstić information content (AvgIpc) is 2.75. The average molecular weight is 488 g/mol. The zero-order valence-corrected chi connectivity index (χ0v) is 18.6. The van der Waals surface area contributed by atoms with E-state index in [1.165, 1.54) is 6.07 Å². The second-order valence-corrected chi connectivity index (χ2v) is 7.68. The summed E-state index contributed by atoms with van der Waals surface area (Å²) in [6.45, 7) is 3.62. The normalized spacial score (nSPS) is 10.7. The van der Waals surface area contributed by atoms with Crippen molar-refractivity contribution in [1.82, 2.24) is 5.32 Å². The fourth-order valence-electron chi connectivity index (χ4n) is 3.01. The van der Waals surface area contributed by atoms with Gasteiger partial charge in [0, 0.05) is 18.7 Å². The molecule has 0 amide bonds. The Morgan fingerprint density at radius 2 is 1.74 bits per heavy atom. The zero-order valence-electron chi connectivity index (χ0n) is 17.0. The third-order valence-corrected chi connectivity index (χ3v) is 5.15. The molecule has 0 aliphatic carbocycles. The summed E-state index contributed by atoms with van der Waals surface area (Å²) >= 11 is 3.54. The third-order valence-electron chi connectivity index (χ3n) is 4.56. The summed E-state index contributed by atoms with van der Waals surface area (Å²) in [5, 5.41) is 12.3. The first-order valence-electron chi connectivity index (χ1n) is 9.82. The lowest BCUT2D eigenvalue weighted by atomic mass is 10.1. The van der Waals surface area contributed by atoms with E-state index in [1.54, 1.807) is 42.5 Å². The Morgan fingerprint density at radius 3 is 2.42 bits per heavy atom. The van der Waals surface area contributed by atoms with Crippen LogP contribution in [0.2, 0.25) is 0 Å². The van der Waals surface area contributed by atoms with Crippen molar-refractivity contribution in [3.63, 3.8) is 0 Å². The van der Waals surface area contributed by atoms with Gasteiger partial charge in [0.15, 0.2) is 11.5 Å². The van der Waals surface area contributed by atoms with Crippen molar-refractivity contribution < 1.29 is 23.8 Å². The number of aromatic carboxylic acids is 1. The van der Waals surface area contributed by atoms with Crippen LogP contribution >= 0.6 is 15.9 Å². The highest BCUT2D eigenvalue weighted by molar-refractivity contribution is 9.10.